The predicted octanol–water partition coefficient (Wildman–Crippen LogP) is 7.77. The minimum Gasteiger partial charge on any atom is -0.444 e. The summed E-state index contributed by atoms with van der Waals surface area (Å²) in [5.74, 6) is 0. The number of hydrogen-bond donors (Lipinski definition) is 0. The van der Waals surface area contributed by atoms with Crippen molar-refractivity contribution in [2.75, 3.05) is 26.2 Å². The van der Waals surface area contributed by atoms with E-state index >= 15 is 0 Å². The first-order valence-electron chi connectivity index (χ1n) is 19.1. The summed E-state index contributed by atoms with van der Waals surface area (Å²) in [6.07, 6.45) is 4.21. The van der Waals surface area contributed by atoms with Gasteiger partial charge >= 0.3 is 6.09 Å². The van der Waals surface area contributed by atoms with Crippen LogP contribution in [0.15, 0.2) is 88.5 Å². The first-order valence-corrected chi connectivity index (χ1v) is 19.1. The van der Waals surface area contributed by atoms with Gasteiger partial charge in [0.25, 0.3) is 11.1 Å². The third-order valence-electron chi connectivity index (χ3n) is 10.2. The van der Waals surface area contributed by atoms with Crippen molar-refractivity contribution < 1.29 is 14.3 Å². The average molecular weight is 733 g/mol. The molecule has 1 amide bonds. The van der Waals surface area contributed by atoms with Crippen LogP contribution in [0.25, 0.3) is 21.8 Å². The van der Waals surface area contributed by atoms with Crippen LogP contribution in [0.1, 0.15) is 67.9 Å². The monoisotopic (exact) mass is 732 g/mol. The lowest BCUT2D eigenvalue weighted by molar-refractivity contribution is -0.108. The van der Waals surface area contributed by atoms with Crippen LogP contribution in [0.4, 0.5) is 4.79 Å². The molecule has 1 fully saturated rings. The Labute approximate surface area is 319 Å². The van der Waals surface area contributed by atoms with Crippen molar-refractivity contribution in [1.29, 1.82) is 0 Å². The molecule has 0 atom stereocenters. The molecule has 0 N–H and O–H groups in total. The van der Waals surface area contributed by atoms with E-state index in [0.29, 0.717) is 13.1 Å². The Morgan fingerprint density at radius 1 is 0.778 bits per heavy atom. The van der Waals surface area contributed by atoms with Crippen molar-refractivity contribution >= 4 is 34.2 Å². The van der Waals surface area contributed by atoms with Gasteiger partial charge in [-0.25, -0.2) is 4.79 Å². The number of fused-ring (bicyclic) bond motifs is 2. The molecule has 0 saturated carbocycles. The molecule has 1 saturated heterocycles. The second-order valence-corrected chi connectivity index (χ2v) is 15.6. The molecule has 9 nitrogen and oxygen atoms in total. The zero-order valence-electron chi connectivity index (χ0n) is 33.1. The molecule has 0 radical (unpaired) electrons. The molecule has 0 bridgehead atoms. The van der Waals surface area contributed by atoms with Crippen molar-refractivity contribution in [2.24, 2.45) is 0 Å². The highest BCUT2D eigenvalue weighted by atomic mass is 16.6. The summed E-state index contributed by atoms with van der Waals surface area (Å²) < 4.78 is 9.21. The first-order chi connectivity index (χ1) is 25.7. The number of carbonyl (C=O) groups is 2. The molecule has 3 aromatic carbocycles. The van der Waals surface area contributed by atoms with E-state index in [1.807, 2.05) is 75.3 Å². The molecule has 1 aliphatic heterocycles. The van der Waals surface area contributed by atoms with E-state index in [0.717, 1.165) is 95.7 Å². The fourth-order valence-electron chi connectivity index (χ4n) is 7.35. The van der Waals surface area contributed by atoms with Crippen LogP contribution in [0.5, 0.6) is 0 Å². The summed E-state index contributed by atoms with van der Waals surface area (Å²) in [5.41, 5.74) is 6.77. The third kappa shape index (κ3) is 10.3. The van der Waals surface area contributed by atoms with Crippen molar-refractivity contribution in [3.8, 4) is 0 Å². The molecule has 286 valence electrons. The highest BCUT2D eigenvalue weighted by molar-refractivity contribution is 5.84. The number of aryl methyl sites for hydroxylation is 5. The van der Waals surface area contributed by atoms with E-state index in [1.54, 1.807) is 12.1 Å². The maximum absolute atomic E-state index is 13.2. The number of pyridine rings is 2. The molecule has 6 rings (SSSR count). The molecule has 0 unspecified atom stereocenters. The summed E-state index contributed by atoms with van der Waals surface area (Å²) in [5, 5.41) is 2.16. The predicted molar refractivity (Wildman–Crippen MR) is 219 cm³/mol. The molecular weight excluding hydrogens is 677 g/mol. The topological polar surface area (TPSA) is 93.9 Å². The number of aldehydes is 1. The fraction of sp³-hybridized carbons (Fsp3) is 0.422. The minimum absolute atomic E-state index is 0.0602. The molecule has 0 spiro atoms. The minimum atomic E-state index is -0.516. The fourth-order valence-corrected chi connectivity index (χ4v) is 7.35. The molecule has 9 heteroatoms. The molecule has 3 heterocycles. The van der Waals surface area contributed by atoms with Crippen LogP contribution in [0, 0.1) is 27.7 Å². The SMILES string of the molecule is Cc1ccc2c(C)cc(=O)n(CC=O)c2c1.Cc1ccc2c(C)cc(=O)n(CCN3CCC(N(CCCc4ccccc4)C(=O)OC(C)(C)C)CC3)c2c1. The highest BCUT2D eigenvalue weighted by Crippen LogP contribution is 2.23. The molecular formula is C45H56N4O5. The van der Waals surface area contributed by atoms with E-state index in [9.17, 15) is 19.2 Å². The largest absolute Gasteiger partial charge is 0.444 e. The van der Waals surface area contributed by atoms with Gasteiger partial charge in [-0.1, -0.05) is 54.6 Å². The Morgan fingerprint density at radius 2 is 1.33 bits per heavy atom. The first kappa shape index (κ1) is 40.2. The number of amides is 1. The molecule has 2 aromatic heterocycles. The maximum atomic E-state index is 13.2. The number of piperidine rings is 1. The highest BCUT2D eigenvalue weighted by Gasteiger charge is 2.31. The number of rotatable bonds is 10. The normalized spacial score (nSPS) is 13.8. The van der Waals surface area contributed by atoms with E-state index in [4.69, 9.17) is 4.74 Å². The standard InChI is InChI=1S/C32H43N3O3.C13H13NO2/c1-24-13-14-28-25(2)23-30(36)35(29(28)22-24)21-20-33-18-15-27(16-19-33)34(31(37)38-32(3,4)5)17-9-12-26-10-7-6-8-11-26;1-9-3-4-11-10(2)8-13(16)14(5-6-15)12(11)7-9/h6-8,10-11,13-14,22-23,27H,9,12,15-21H2,1-5H3;3-4,6-8H,5H2,1-2H3. The van der Waals surface area contributed by atoms with Crippen molar-refractivity contribution in [3.63, 3.8) is 0 Å². The van der Waals surface area contributed by atoms with E-state index in [2.05, 4.69) is 54.3 Å². The number of ether oxygens (including phenoxy) is 1. The third-order valence-corrected chi connectivity index (χ3v) is 10.2. The lowest BCUT2D eigenvalue weighted by Gasteiger charge is -2.39. The Kier molecular flexibility index (Phi) is 13.3. The Bertz CT molecular complexity index is 2190. The van der Waals surface area contributed by atoms with E-state index in [-0.39, 0.29) is 29.8 Å². The van der Waals surface area contributed by atoms with Crippen LogP contribution in [0.3, 0.4) is 0 Å². The maximum Gasteiger partial charge on any atom is 0.410 e. The van der Waals surface area contributed by atoms with Crippen molar-refractivity contribution in [1.82, 2.24) is 18.9 Å². The van der Waals surface area contributed by atoms with E-state index < -0.39 is 5.60 Å². The van der Waals surface area contributed by atoms with Gasteiger partial charge in [0.2, 0.25) is 0 Å². The summed E-state index contributed by atoms with van der Waals surface area (Å²) in [6, 6.07) is 26.2. The summed E-state index contributed by atoms with van der Waals surface area (Å²) >= 11 is 0. The van der Waals surface area contributed by atoms with Crippen LogP contribution in [-0.4, -0.2) is 69.1 Å². The molecule has 54 heavy (non-hydrogen) atoms. The average Bonchev–Trinajstić information content (AvgIpc) is 3.12. The number of carbonyl (C=O) groups excluding carboxylic acids is 2. The van der Waals surface area contributed by atoms with Gasteiger partial charge in [-0.3, -0.25) is 9.59 Å². The van der Waals surface area contributed by atoms with Gasteiger partial charge in [0.1, 0.15) is 11.9 Å². The zero-order chi connectivity index (χ0) is 39.0. The lowest BCUT2D eigenvalue weighted by Crippen LogP contribution is -2.49. The molecule has 0 aliphatic carbocycles. The summed E-state index contributed by atoms with van der Waals surface area (Å²) in [6.45, 7) is 17.8. The van der Waals surface area contributed by atoms with Crippen LogP contribution < -0.4 is 11.1 Å². The zero-order valence-corrected chi connectivity index (χ0v) is 33.1. The number of benzene rings is 3. The second kappa shape index (κ2) is 17.9. The number of likely N-dealkylation sites (tertiary alicyclic amines) is 1. The summed E-state index contributed by atoms with van der Waals surface area (Å²) in [7, 11) is 0. The van der Waals surface area contributed by atoms with Crippen LogP contribution in [-0.2, 0) is 29.0 Å². The van der Waals surface area contributed by atoms with Crippen molar-refractivity contribution in [2.45, 2.75) is 98.9 Å². The quantitative estimate of drug-likeness (QED) is 0.136. The van der Waals surface area contributed by atoms with E-state index in [1.165, 1.54) is 10.1 Å². The Morgan fingerprint density at radius 3 is 1.89 bits per heavy atom. The van der Waals surface area contributed by atoms with Crippen LogP contribution >= 0.6 is 0 Å². The Balaban J connectivity index is 0.000000291. The lowest BCUT2D eigenvalue weighted by atomic mass is 10.0. The van der Waals surface area contributed by atoms with Gasteiger partial charge in [0.15, 0.2) is 0 Å². The Hall–Kier alpha value is -5.02. The number of aromatic nitrogens is 2. The van der Waals surface area contributed by atoms with Gasteiger partial charge in [0.05, 0.1) is 17.6 Å². The van der Waals surface area contributed by atoms with Gasteiger partial charge in [-0.2, -0.15) is 0 Å². The summed E-state index contributed by atoms with van der Waals surface area (Å²) in [4.78, 5) is 52.7. The smallest absolute Gasteiger partial charge is 0.410 e. The van der Waals surface area contributed by atoms with Gasteiger partial charge in [-0.15, -0.1) is 0 Å². The van der Waals surface area contributed by atoms with Gasteiger partial charge < -0.3 is 28.5 Å². The number of hydrogen-bond acceptors (Lipinski definition) is 6. The second-order valence-electron chi connectivity index (χ2n) is 15.6. The van der Waals surface area contributed by atoms with Crippen molar-refractivity contribution in [3.05, 3.63) is 127 Å². The van der Waals surface area contributed by atoms with Crippen LogP contribution in [0.2, 0.25) is 0 Å². The van der Waals surface area contributed by atoms with Gasteiger partial charge in [-0.05, 0) is 114 Å². The molecule has 5 aromatic rings. The molecule has 1 aliphatic rings. The number of nitrogens with zero attached hydrogens (tertiary/aromatic N) is 4. The van der Waals surface area contributed by atoms with Gasteiger partial charge in [0, 0.05) is 61.7 Å².